The second-order valence-electron chi connectivity index (χ2n) is 9.49. The van der Waals surface area contributed by atoms with Gasteiger partial charge in [0, 0.05) is 57.7 Å². The van der Waals surface area contributed by atoms with E-state index in [0.29, 0.717) is 19.7 Å². The first-order chi connectivity index (χ1) is 16.9. The van der Waals surface area contributed by atoms with E-state index in [2.05, 4.69) is 29.2 Å². The van der Waals surface area contributed by atoms with E-state index in [1.807, 2.05) is 36.9 Å². The maximum Gasteiger partial charge on any atom is 0.225 e. The molecule has 2 aromatic carbocycles. The lowest BCUT2D eigenvalue weighted by Gasteiger charge is -2.30. The second kappa shape index (κ2) is 12.8. The third-order valence-electron chi connectivity index (χ3n) is 6.68. The molecule has 0 radical (unpaired) electrons. The molecule has 1 heterocycles. The number of carbonyl (C=O) groups excluding carboxylic acids is 1. The zero-order chi connectivity index (χ0) is 25.4. The van der Waals surface area contributed by atoms with Crippen LogP contribution in [0.25, 0.3) is 0 Å². The second-order valence-corrected chi connectivity index (χ2v) is 9.49. The molecule has 3 rings (SSSR count). The van der Waals surface area contributed by atoms with Crippen LogP contribution in [-0.2, 0) is 16.1 Å². The zero-order valence-corrected chi connectivity index (χ0v) is 22.0. The smallest absolute Gasteiger partial charge is 0.225 e. The number of nitrogens with zero attached hydrogens (tertiary/aromatic N) is 2. The highest BCUT2D eigenvalue weighted by molar-refractivity contribution is 5.78. The summed E-state index contributed by atoms with van der Waals surface area (Å²) in [6, 6.07) is 14.3. The van der Waals surface area contributed by atoms with Gasteiger partial charge in [0.25, 0.3) is 0 Å². The van der Waals surface area contributed by atoms with Crippen molar-refractivity contribution < 1.29 is 23.7 Å². The molecule has 7 nitrogen and oxygen atoms in total. The Morgan fingerprint density at radius 2 is 1.66 bits per heavy atom. The SMILES string of the molecule is COCCN(CC1CN(Cc2cc(OC)cc(OC)c2)CC1c1cccc(OC)c1)C(=O)C(C)C. The minimum atomic E-state index is -0.0520. The van der Waals surface area contributed by atoms with Gasteiger partial charge in [-0.25, -0.2) is 0 Å². The molecule has 2 aromatic rings. The van der Waals surface area contributed by atoms with Crippen LogP contribution in [0.1, 0.15) is 30.9 Å². The van der Waals surface area contributed by atoms with Crippen molar-refractivity contribution in [1.29, 1.82) is 0 Å². The van der Waals surface area contributed by atoms with E-state index in [0.717, 1.165) is 42.4 Å². The first kappa shape index (κ1) is 26.8. The molecule has 0 bridgehead atoms. The standard InChI is InChI=1S/C28H40N2O5/c1-20(2)28(31)30(10-11-32-3)18-23-17-29(16-21-12-25(34-5)15-26(13-21)35-6)19-27(23)22-8-7-9-24(14-22)33-4/h7-9,12-15,20,23,27H,10-11,16-19H2,1-6H3. The first-order valence-corrected chi connectivity index (χ1v) is 12.2. The van der Waals surface area contributed by atoms with Crippen LogP contribution in [0, 0.1) is 11.8 Å². The van der Waals surface area contributed by atoms with Gasteiger partial charge in [0.15, 0.2) is 0 Å². The van der Waals surface area contributed by atoms with Crippen molar-refractivity contribution in [3.63, 3.8) is 0 Å². The van der Waals surface area contributed by atoms with E-state index in [9.17, 15) is 4.79 Å². The third kappa shape index (κ3) is 7.12. The van der Waals surface area contributed by atoms with Crippen LogP contribution >= 0.6 is 0 Å². The lowest BCUT2D eigenvalue weighted by Crippen LogP contribution is -2.41. The fraction of sp³-hybridized carbons (Fsp3) is 0.536. The van der Waals surface area contributed by atoms with Crippen LogP contribution in [-0.4, -0.2) is 76.9 Å². The molecule has 2 unspecified atom stereocenters. The molecule has 0 saturated carbocycles. The Kier molecular flexibility index (Phi) is 9.81. The van der Waals surface area contributed by atoms with Crippen molar-refractivity contribution in [2.24, 2.45) is 11.8 Å². The molecule has 1 saturated heterocycles. The van der Waals surface area contributed by atoms with Crippen LogP contribution in [0.2, 0.25) is 0 Å². The maximum atomic E-state index is 13.0. The van der Waals surface area contributed by atoms with E-state index in [1.165, 1.54) is 5.56 Å². The monoisotopic (exact) mass is 484 g/mol. The predicted octanol–water partition coefficient (Wildman–Crippen LogP) is 4.06. The Bertz CT molecular complexity index is 942. The van der Waals surface area contributed by atoms with Crippen molar-refractivity contribution in [1.82, 2.24) is 9.80 Å². The van der Waals surface area contributed by atoms with Gasteiger partial charge in [0.05, 0.1) is 27.9 Å². The molecule has 0 aromatic heterocycles. The Morgan fingerprint density at radius 1 is 0.971 bits per heavy atom. The number of amides is 1. The van der Waals surface area contributed by atoms with Crippen LogP contribution in [0.3, 0.4) is 0 Å². The Labute approximate surface area is 209 Å². The molecule has 0 N–H and O–H groups in total. The van der Waals surface area contributed by atoms with Gasteiger partial charge >= 0.3 is 0 Å². The minimum Gasteiger partial charge on any atom is -0.497 e. The normalized spacial score (nSPS) is 18.0. The number of benzene rings is 2. The van der Waals surface area contributed by atoms with Crippen LogP contribution in [0.15, 0.2) is 42.5 Å². The molecule has 1 aliphatic heterocycles. The number of methoxy groups -OCH3 is 4. The maximum absolute atomic E-state index is 13.0. The lowest BCUT2D eigenvalue weighted by molar-refractivity contribution is -0.135. The molecule has 192 valence electrons. The summed E-state index contributed by atoms with van der Waals surface area (Å²) < 4.78 is 21.8. The number of rotatable bonds is 12. The van der Waals surface area contributed by atoms with Crippen LogP contribution < -0.4 is 14.2 Å². The van der Waals surface area contributed by atoms with Gasteiger partial charge < -0.3 is 23.8 Å². The summed E-state index contributed by atoms with van der Waals surface area (Å²) in [4.78, 5) is 17.4. The van der Waals surface area contributed by atoms with E-state index in [4.69, 9.17) is 18.9 Å². The first-order valence-electron chi connectivity index (χ1n) is 12.2. The molecular weight excluding hydrogens is 444 g/mol. The number of hydrogen-bond acceptors (Lipinski definition) is 6. The summed E-state index contributed by atoms with van der Waals surface area (Å²) in [6.45, 7) is 8.30. The van der Waals surface area contributed by atoms with Gasteiger partial charge in [-0.05, 0) is 41.3 Å². The third-order valence-corrected chi connectivity index (χ3v) is 6.68. The molecule has 1 amide bonds. The summed E-state index contributed by atoms with van der Waals surface area (Å²) in [5.41, 5.74) is 2.38. The van der Waals surface area contributed by atoms with E-state index < -0.39 is 0 Å². The van der Waals surface area contributed by atoms with Crippen molar-refractivity contribution in [2.45, 2.75) is 26.3 Å². The van der Waals surface area contributed by atoms with Crippen LogP contribution in [0.4, 0.5) is 0 Å². The van der Waals surface area contributed by atoms with Gasteiger partial charge in [0.1, 0.15) is 17.2 Å². The van der Waals surface area contributed by atoms with Crippen molar-refractivity contribution in [3.8, 4) is 17.2 Å². The number of carbonyl (C=O) groups is 1. The lowest BCUT2D eigenvalue weighted by atomic mass is 9.88. The molecule has 0 spiro atoms. The van der Waals surface area contributed by atoms with Gasteiger partial charge in [-0.2, -0.15) is 0 Å². The molecule has 0 aliphatic carbocycles. The van der Waals surface area contributed by atoms with Crippen molar-refractivity contribution >= 4 is 5.91 Å². The Morgan fingerprint density at radius 3 is 2.26 bits per heavy atom. The molecule has 7 heteroatoms. The highest BCUT2D eigenvalue weighted by Gasteiger charge is 2.36. The van der Waals surface area contributed by atoms with E-state index in [1.54, 1.807) is 28.4 Å². The number of hydrogen-bond donors (Lipinski definition) is 0. The molecule has 35 heavy (non-hydrogen) atoms. The fourth-order valence-electron chi connectivity index (χ4n) is 4.88. The Balaban J connectivity index is 1.86. The summed E-state index contributed by atoms with van der Waals surface area (Å²) >= 11 is 0. The fourth-order valence-corrected chi connectivity index (χ4v) is 4.88. The predicted molar refractivity (Wildman–Crippen MR) is 137 cm³/mol. The molecule has 2 atom stereocenters. The highest BCUT2D eigenvalue weighted by atomic mass is 16.5. The topological polar surface area (TPSA) is 60.5 Å². The molecular formula is C28H40N2O5. The van der Waals surface area contributed by atoms with Crippen molar-refractivity contribution in [3.05, 3.63) is 53.6 Å². The average Bonchev–Trinajstić information content (AvgIpc) is 3.27. The molecule has 1 aliphatic rings. The highest BCUT2D eigenvalue weighted by Crippen LogP contribution is 2.36. The van der Waals surface area contributed by atoms with Gasteiger partial charge in [-0.1, -0.05) is 26.0 Å². The van der Waals surface area contributed by atoms with Crippen molar-refractivity contribution in [2.75, 3.05) is 61.2 Å². The van der Waals surface area contributed by atoms with Gasteiger partial charge in [-0.3, -0.25) is 9.69 Å². The zero-order valence-electron chi connectivity index (χ0n) is 22.0. The summed E-state index contributed by atoms with van der Waals surface area (Å²) in [5.74, 6) is 3.11. The van der Waals surface area contributed by atoms with Gasteiger partial charge in [0.2, 0.25) is 5.91 Å². The number of likely N-dealkylation sites (tertiary alicyclic amines) is 1. The van der Waals surface area contributed by atoms with Gasteiger partial charge in [-0.15, -0.1) is 0 Å². The average molecular weight is 485 g/mol. The summed E-state index contributed by atoms with van der Waals surface area (Å²) in [7, 11) is 6.71. The number of ether oxygens (including phenoxy) is 4. The summed E-state index contributed by atoms with van der Waals surface area (Å²) in [5, 5.41) is 0. The quantitative estimate of drug-likeness (QED) is 0.453. The van der Waals surface area contributed by atoms with E-state index in [-0.39, 0.29) is 23.7 Å². The summed E-state index contributed by atoms with van der Waals surface area (Å²) in [6.07, 6.45) is 0. The largest absolute Gasteiger partial charge is 0.497 e. The Hall–Kier alpha value is -2.77. The van der Waals surface area contributed by atoms with E-state index >= 15 is 0 Å². The molecule has 1 fully saturated rings. The van der Waals surface area contributed by atoms with Crippen LogP contribution in [0.5, 0.6) is 17.2 Å². The minimum absolute atomic E-state index is 0.0520.